The normalized spacial score (nSPS) is 23.7. The molecule has 1 aromatic rings. The Morgan fingerprint density at radius 3 is 1.95 bits per heavy atom. The number of allylic oxidation sites excluding steroid dienone is 2. The second-order valence-corrected chi connectivity index (χ2v) is 10.0. The van der Waals surface area contributed by atoms with E-state index in [0.717, 1.165) is 20.8 Å². The van der Waals surface area contributed by atoms with Crippen LogP contribution in [0.5, 0.6) is 5.75 Å². The number of rotatable bonds is 12. The Morgan fingerprint density at radius 1 is 0.818 bits per heavy atom. The fraction of sp³-hybridized carbons (Fsp3) is 0.467. The number of aromatic hydroxyl groups is 1. The van der Waals surface area contributed by atoms with E-state index in [2.05, 4.69) is 0 Å². The number of hydrogen-bond acceptors (Lipinski definition) is 14. The van der Waals surface area contributed by atoms with Gasteiger partial charge in [0.05, 0.1) is 13.0 Å². The third kappa shape index (κ3) is 10.0. The summed E-state index contributed by atoms with van der Waals surface area (Å²) >= 11 is 0. The van der Waals surface area contributed by atoms with E-state index >= 15 is 0 Å². The van der Waals surface area contributed by atoms with Crippen molar-refractivity contribution in [3.8, 4) is 5.75 Å². The van der Waals surface area contributed by atoms with Crippen LogP contribution in [-0.2, 0) is 68.3 Å². The number of phenols is 1. The molecule has 1 fully saturated rings. The van der Waals surface area contributed by atoms with Gasteiger partial charge in [0, 0.05) is 34.1 Å². The first-order chi connectivity index (χ1) is 20.8. The van der Waals surface area contributed by atoms with Crippen LogP contribution in [0.2, 0.25) is 0 Å². The molecule has 1 aliphatic heterocycles. The average molecular weight is 619 g/mol. The second kappa shape index (κ2) is 15.3. The molecule has 0 saturated carbocycles. The Hall–Kier alpha value is -4.56. The molecule has 1 N–H and O–H groups in total. The van der Waals surface area contributed by atoms with Gasteiger partial charge in [0.15, 0.2) is 36.0 Å². The van der Waals surface area contributed by atoms with E-state index in [0.29, 0.717) is 5.56 Å². The minimum absolute atomic E-state index is 0.00258. The zero-order valence-corrected chi connectivity index (χ0v) is 24.6. The highest BCUT2D eigenvalue weighted by molar-refractivity contribution is 6.00. The zero-order valence-electron chi connectivity index (χ0n) is 24.6. The Kier molecular flexibility index (Phi) is 11.8. The number of carbonyl (C=O) groups is 6. The van der Waals surface area contributed by atoms with Gasteiger partial charge in [-0.1, -0.05) is 12.1 Å². The SMILES string of the molecule is CC(=O)O[C@@H]1[C@@H](OC(C)=O)[C@H](OCCC2(OC(C)=O)C=CC(=O)C=C2)O[C@H](COC(=O)Cc2ccc(O)cc2)[C@H]1OC(C)=O. The summed E-state index contributed by atoms with van der Waals surface area (Å²) in [6, 6.07) is 5.89. The highest BCUT2D eigenvalue weighted by atomic mass is 16.7. The summed E-state index contributed by atoms with van der Waals surface area (Å²) in [5, 5.41) is 9.46. The monoisotopic (exact) mass is 618 g/mol. The van der Waals surface area contributed by atoms with Crippen molar-refractivity contribution in [2.75, 3.05) is 13.2 Å². The molecule has 5 atom stereocenters. The first-order valence-electron chi connectivity index (χ1n) is 13.6. The van der Waals surface area contributed by atoms with E-state index in [9.17, 15) is 33.9 Å². The molecule has 3 rings (SSSR count). The van der Waals surface area contributed by atoms with Crippen molar-refractivity contribution in [3.05, 3.63) is 54.1 Å². The summed E-state index contributed by atoms with van der Waals surface area (Å²) in [7, 11) is 0. The number of hydrogen-bond donors (Lipinski definition) is 1. The van der Waals surface area contributed by atoms with Gasteiger partial charge in [-0.3, -0.25) is 28.8 Å². The molecule has 0 amide bonds. The van der Waals surface area contributed by atoms with Crippen molar-refractivity contribution in [1.29, 1.82) is 0 Å². The quantitative estimate of drug-likeness (QED) is 0.261. The minimum atomic E-state index is -1.44. The molecule has 1 aliphatic carbocycles. The minimum Gasteiger partial charge on any atom is -0.508 e. The lowest BCUT2D eigenvalue weighted by molar-refractivity contribution is -0.309. The molecule has 1 aromatic carbocycles. The van der Waals surface area contributed by atoms with Crippen LogP contribution in [0.15, 0.2) is 48.6 Å². The van der Waals surface area contributed by atoms with Crippen molar-refractivity contribution in [2.45, 2.75) is 76.8 Å². The van der Waals surface area contributed by atoms with Gasteiger partial charge in [-0.25, -0.2) is 0 Å². The molecule has 1 saturated heterocycles. The van der Waals surface area contributed by atoms with Crippen LogP contribution in [0.1, 0.15) is 39.7 Å². The van der Waals surface area contributed by atoms with Gasteiger partial charge in [0.25, 0.3) is 0 Å². The molecular weight excluding hydrogens is 584 g/mol. The van der Waals surface area contributed by atoms with Crippen molar-refractivity contribution in [1.82, 2.24) is 0 Å². The highest BCUT2D eigenvalue weighted by Crippen LogP contribution is 2.31. The molecule has 0 spiro atoms. The number of esters is 5. The van der Waals surface area contributed by atoms with Gasteiger partial charge in [0.2, 0.25) is 0 Å². The molecule has 0 aromatic heterocycles. The Balaban J connectivity index is 1.84. The van der Waals surface area contributed by atoms with Crippen LogP contribution in [0.3, 0.4) is 0 Å². The zero-order chi connectivity index (χ0) is 32.4. The van der Waals surface area contributed by atoms with Crippen molar-refractivity contribution in [3.63, 3.8) is 0 Å². The van der Waals surface area contributed by atoms with Crippen molar-refractivity contribution in [2.24, 2.45) is 0 Å². The van der Waals surface area contributed by atoms with Gasteiger partial charge in [-0.2, -0.15) is 0 Å². The van der Waals surface area contributed by atoms with Crippen LogP contribution < -0.4 is 0 Å². The molecule has 2 aliphatic rings. The van der Waals surface area contributed by atoms with Gasteiger partial charge >= 0.3 is 29.8 Å². The number of carbonyl (C=O) groups excluding carboxylic acids is 6. The van der Waals surface area contributed by atoms with E-state index < -0.39 is 72.8 Å². The fourth-order valence-corrected chi connectivity index (χ4v) is 4.58. The Bertz CT molecular complexity index is 1280. The predicted molar refractivity (Wildman–Crippen MR) is 146 cm³/mol. The molecule has 14 nitrogen and oxygen atoms in total. The third-order valence-corrected chi connectivity index (χ3v) is 6.36. The van der Waals surface area contributed by atoms with Crippen LogP contribution in [0.25, 0.3) is 0 Å². The van der Waals surface area contributed by atoms with E-state index in [1.165, 1.54) is 55.5 Å². The number of phenolic OH excluding ortho intramolecular Hbond substituents is 1. The van der Waals surface area contributed by atoms with Crippen molar-refractivity contribution < 1.29 is 67.0 Å². The van der Waals surface area contributed by atoms with E-state index in [-0.39, 0.29) is 31.0 Å². The van der Waals surface area contributed by atoms with Gasteiger partial charge in [-0.05, 0) is 42.0 Å². The summed E-state index contributed by atoms with van der Waals surface area (Å²) in [4.78, 5) is 72.2. The molecule has 0 radical (unpaired) electrons. The lowest BCUT2D eigenvalue weighted by Gasteiger charge is -2.44. The van der Waals surface area contributed by atoms with Crippen LogP contribution in [0, 0.1) is 0 Å². The number of ketones is 1. The summed E-state index contributed by atoms with van der Waals surface area (Å²) in [6.07, 6.45) is -1.82. The molecule has 0 bridgehead atoms. The molecule has 44 heavy (non-hydrogen) atoms. The van der Waals surface area contributed by atoms with Gasteiger partial charge < -0.3 is 38.3 Å². The maximum Gasteiger partial charge on any atom is 0.310 e. The maximum absolute atomic E-state index is 12.6. The van der Waals surface area contributed by atoms with E-state index in [1.807, 2.05) is 0 Å². The van der Waals surface area contributed by atoms with Crippen LogP contribution >= 0.6 is 0 Å². The van der Waals surface area contributed by atoms with Gasteiger partial charge in [-0.15, -0.1) is 0 Å². The summed E-state index contributed by atoms with van der Waals surface area (Å²) in [5.41, 5.74) is -0.763. The molecule has 14 heteroatoms. The first kappa shape index (κ1) is 33.9. The number of benzene rings is 1. The Labute approximate surface area is 252 Å². The highest BCUT2D eigenvalue weighted by Gasteiger charge is 2.53. The summed E-state index contributed by atoms with van der Waals surface area (Å²) in [5.74, 6) is -3.96. The van der Waals surface area contributed by atoms with E-state index in [1.54, 1.807) is 0 Å². The molecule has 0 unspecified atom stereocenters. The lowest BCUT2D eigenvalue weighted by Crippen LogP contribution is -2.63. The smallest absolute Gasteiger partial charge is 0.310 e. The van der Waals surface area contributed by atoms with Crippen LogP contribution in [-0.4, -0.2) is 90.3 Å². The summed E-state index contributed by atoms with van der Waals surface area (Å²) in [6.45, 7) is 3.83. The predicted octanol–water partition coefficient (Wildman–Crippen LogP) is 1.40. The van der Waals surface area contributed by atoms with Crippen molar-refractivity contribution >= 4 is 35.6 Å². The maximum atomic E-state index is 12.6. The average Bonchev–Trinajstić information content (AvgIpc) is 2.92. The Morgan fingerprint density at radius 2 is 1.39 bits per heavy atom. The second-order valence-electron chi connectivity index (χ2n) is 10.0. The topological polar surface area (TPSA) is 187 Å². The third-order valence-electron chi connectivity index (χ3n) is 6.36. The standard InChI is InChI=1S/C30H34O14/c1-17(31)40-26-24(16-39-25(37)15-21-5-7-22(35)8-6-21)43-29(28(42-19(3)33)27(26)41-18(2)32)38-14-13-30(44-20(4)34)11-9-23(36)10-12-30/h5-12,24,26-29,35H,13-16H2,1-4H3/t24-,26-,27+,28-,29-/m1/s1. The summed E-state index contributed by atoms with van der Waals surface area (Å²) < 4.78 is 38.9. The number of ether oxygens (including phenoxy) is 7. The molecular formula is C30H34O14. The van der Waals surface area contributed by atoms with E-state index in [4.69, 9.17) is 33.2 Å². The molecule has 238 valence electrons. The fourth-order valence-electron chi connectivity index (χ4n) is 4.58. The largest absolute Gasteiger partial charge is 0.508 e. The molecule has 1 heterocycles. The first-order valence-corrected chi connectivity index (χ1v) is 13.6. The lowest BCUT2D eigenvalue weighted by atomic mass is 9.94. The van der Waals surface area contributed by atoms with Gasteiger partial charge in [0.1, 0.15) is 18.5 Å². The van der Waals surface area contributed by atoms with Crippen LogP contribution in [0.4, 0.5) is 0 Å².